The molecule has 0 bridgehead atoms. The Labute approximate surface area is 162 Å². The Kier molecular flexibility index (Phi) is 6.01. The van der Waals surface area contributed by atoms with Gasteiger partial charge in [0.15, 0.2) is 16.4 Å². The van der Waals surface area contributed by atoms with Gasteiger partial charge in [-0.1, -0.05) is 29.8 Å². The van der Waals surface area contributed by atoms with Crippen LogP contribution in [0.1, 0.15) is 12.0 Å². The number of amides is 1. The molecule has 1 amide bonds. The van der Waals surface area contributed by atoms with E-state index in [0.717, 1.165) is 0 Å². The van der Waals surface area contributed by atoms with Crippen molar-refractivity contribution in [2.24, 2.45) is 0 Å². The molecule has 1 atom stereocenters. The zero-order valence-corrected chi connectivity index (χ0v) is 16.0. The van der Waals surface area contributed by atoms with Gasteiger partial charge in [0.25, 0.3) is 5.91 Å². The van der Waals surface area contributed by atoms with Gasteiger partial charge in [-0.2, -0.15) is 0 Å². The van der Waals surface area contributed by atoms with Crippen LogP contribution in [0.15, 0.2) is 48.5 Å². The second-order valence-electron chi connectivity index (χ2n) is 6.41. The normalized spacial score (nSPS) is 18.2. The number of ether oxygens (including phenoxy) is 1. The van der Waals surface area contributed by atoms with E-state index < -0.39 is 27.6 Å². The summed E-state index contributed by atoms with van der Waals surface area (Å²) in [5.41, 5.74) is 0.335. The molecule has 0 saturated carbocycles. The molecular weight excluding hydrogens is 393 g/mol. The lowest BCUT2D eigenvalue weighted by molar-refractivity contribution is -0.136. The molecule has 1 aliphatic rings. The molecule has 5 nitrogen and oxygen atoms in total. The van der Waals surface area contributed by atoms with Gasteiger partial charge >= 0.3 is 0 Å². The van der Waals surface area contributed by atoms with Crippen molar-refractivity contribution in [2.45, 2.75) is 19.0 Å². The van der Waals surface area contributed by atoms with Crippen LogP contribution in [0.2, 0.25) is 5.02 Å². The van der Waals surface area contributed by atoms with Crippen LogP contribution < -0.4 is 4.74 Å². The number of benzene rings is 2. The van der Waals surface area contributed by atoms with E-state index in [0.29, 0.717) is 22.8 Å². The average Bonchev–Trinajstić information content (AvgIpc) is 3.00. The molecule has 8 heteroatoms. The quantitative estimate of drug-likeness (QED) is 0.732. The molecule has 0 radical (unpaired) electrons. The van der Waals surface area contributed by atoms with Gasteiger partial charge in [0.05, 0.1) is 11.5 Å². The number of halogens is 2. The molecule has 1 unspecified atom stereocenters. The van der Waals surface area contributed by atoms with E-state index in [9.17, 15) is 17.6 Å². The maximum Gasteiger partial charge on any atom is 0.261 e. The topological polar surface area (TPSA) is 63.7 Å². The van der Waals surface area contributed by atoms with Gasteiger partial charge in [0.2, 0.25) is 0 Å². The van der Waals surface area contributed by atoms with E-state index in [1.165, 1.54) is 11.0 Å². The predicted octanol–water partition coefficient (Wildman–Crippen LogP) is 3.07. The lowest BCUT2D eigenvalue weighted by Gasteiger charge is -2.28. The molecule has 27 heavy (non-hydrogen) atoms. The van der Waals surface area contributed by atoms with E-state index >= 15 is 0 Å². The lowest BCUT2D eigenvalue weighted by atomic mass is 10.1. The molecule has 1 aliphatic heterocycles. The Hall–Kier alpha value is -2.12. The third-order valence-corrected chi connectivity index (χ3v) is 6.45. The monoisotopic (exact) mass is 411 g/mol. The summed E-state index contributed by atoms with van der Waals surface area (Å²) in [6.07, 6.45) is 0.337. The van der Waals surface area contributed by atoms with Crippen molar-refractivity contribution in [3.8, 4) is 5.75 Å². The van der Waals surface area contributed by atoms with Gasteiger partial charge in [0, 0.05) is 23.2 Å². The number of hydrogen-bond acceptors (Lipinski definition) is 4. The molecule has 0 spiro atoms. The van der Waals surface area contributed by atoms with Gasteiger partial charge < -0.3 is 9.64 Å². The second-order valence-corrected chi connectivity index (χ2v) is 9.08. The molecule has 2 aromatic carbocycles. The van der Waals surface area contributed by atoms with Gasteiger partial charge in [0.1, 0.15) is 11.6 Å². The van der Waals surface area contributed by atoms with Crippen LogP contribution >= 0.6 is 11.6 Å². The second kappa shape index (κ2) is 8.27. The fraction of sp³-hybridized carbons (Fsp3) is 0.316. The summed E-state index contributed by atoms with van der Waals surface area (Å²) in [4.78, 5) is 14.2. The zero-order valence-electron chi connectivity index (χ0n) is 14.5. The summed E-state index contributed by atoms with van der Waals surface area (Å²) in [5.74, 6) is -0.451. The Balaban J connectivity index is 1.75. The Bertz CT molecular complexity index is 918. The largest absolute Gasteiger partial charge is 0.484 e. The van der Waals surface area contributed by atoms with Crippen LogP contribution in [0.4, 0.5) is 4.39 Å². The lowest BCUT2D eigenvalue weighted by Crippen LogP contribution is -2.43. The maximum atomic E-state index is 14.0. The number of rotatable bonds is 6. The van der Waals surface area contributed by atoms with Gasteiger partial charge in [-0.05, 0) is 36.8 Å². The minimum Gasteiger partial charge on any atom is -0.484 e. The summed E-state index contributed by atoms with van der Waals surface area (Å²) in [6, 6.07) is 12.2. The van der Waals surface area contributed by atoms with Crippen molar-refractivity contribution in [2.75, 3.05) is 18.1 Å². The van der Waals surface area contributed by atoms with E-state index in [1.807, 2.05) is 0 Å². The molecular formula is C19H19ClFNO4S. The summed E-state index contributed by atoms with van der Waals surface area (Å²) < 4.78 is 43.2. The molecule has 0 aromatic heterocycles. The molecule has 2 aromatic rings. The van der Waals surface area contributed by atoms with Gasteiger partial charge in [-0.3, -0.25) is 4.79 Å². The molecule has 1 heterocycles. The van der Waals surface area contributed by atoms with Crippen LogP contribution in [-0.4, -0.2) is 43.4 Å². The Morgan fingerprint density at radius 2 is 1.89 bits per heavy atom. The summed E-state index contributed by atoms with van der Waals surface area (Å²) >= 11 is 5.82. The van der Waals surface area contributed by atoms with Crippen molar-refractivity contribution in [1.29, 1.82) is 0 Å². The standard InChI is InChI=1S/C19H19ClFNO4S/c20-15-5-7-17(8-6-15)26-12-19(23)22(16-9-10-27(24,25)13-16)11-14-3-1-2-4-18(14)21/h1-8,16H,9-13H2. The van der Waals surface area contributed by atoms with Gasteiger partial charge in [-0.25, -0.2) is 12.8 Å². The van der Waals surface area contributed by atoms with Crippen LogP contribution in [0.5, 0.6) is 5.75 Å². The zero-order chi connectivity index (χ0) is 19.4. The molecule has 3 rings (SSSR count). The Morgan fingerprint density at radius 3 is 2.52 bits per heavy atom. The first-order valence-corrected chi connectivity index (χ1v) is 10.7. The van der Waals surface area contributed by atoms with Crippen molar-refractivity contribution < 1.29 is 22.3 Å². The van der Waals surface area contributed by atoms with E-state index in [-0.39, 0.29) is 24.7 Å². The molecule has 0 aliphatic carbocycles. The van der Waals surface area contributed by atoms with Crippen molar-refractivity contribution in [3.05, 3.63) is 64.9 Å². The molecule has 1 fully saturated rings. The highest BCUT2D eigenvalue weighted by Crippen LogP contribution is 2.22. The third-order valence-electron chi connectivity index (χ3n) is 4.44. The smallest absolute Gasteiger partial charge is 0.261 e. The highest BCUT2D eigenvalue weighted by Gasteiger charge is 2.35. The maximum absolute atomic E-state index is 14.0. The molecule has 0 N–H and O–H groups in total. The van der Waals surface area contributed by atoms with E-state index in [1.54, 1.807) is 42.5 Å². The minimum absolute atomic E-state index is 0.00429. The van der Waals surface area contributed by atoms with Crippen molar-refractivity contribution >= 4 is 27.3 Å². The highest BCUT2D eigenvalue weighted by atomic mass is 35.5. The van der Waals surface area contributed by atoms with Crippen molar-refractivity contribution in [3.63, 3.8) is 0 Å². The SMILES string of the molecule is O=C(COc1ccc(Cl)cc1)N(Cc1ccccc1F)C1CCS(=O)(=O)C1. The number of sulfone groups is 1. The summed E-state index contributed by atoms with van der Waals surface area (Å²) in [7, 11) is -3.19. The summed E-state index contributed by atoms with van der Waals surface area (Å²) in [5, 5.41) is 0.547. The predicted molar refractivity (Wildman–Crippen MR) is 101 cm³/mol. The average molecular weight is 412 g/mol. The highest BCUT2D eigenvalue weighted by molar-refractivity contribution is 7.91. The number of hydrogen-bond donors (Lipinski definition) is 0. The number of nitrogens with zero attached hydrogens (tertiary/aromatic N) is 1. The molecule has 1 saturated heterocycles. The number of carbonyl (C=O) groups is 1. The first kappa shape index (κ1) is 19.6. The molecule has 144 valence electrons. The first-order chi connectivity index (χ1) is 12.8. The van der Waals surface area contributed by atoms with Crippen LogP contribution in [0, 0.1) is 5.82 Å². The number of carbonyl (C=O) groups excluding carboxylic acids is 1. The van der Waals surface area contributed by atoms with Crippen LogP contribution in [0.25, 0.3) is 0 Å². The van der Waals surface area contributed by atoms with E-state index in [4.69, 9.17) is 16.3 Å². The van der Waals surface area contributed by atoms with Crippen molar-refractivity contribution in [1.82, 2.24) is 4.90 Å². The third kappa shape index (κ3) is 5.20. The minimum atomic E-state index is -3.19. The summed E-state index contributed by atoms with van der Waals surface area (Å²) in [6.45, 7) is -0.275. The Morgan fingerprint density at radius 1 is 1.19 bits per heavy atom. The van der Waals surface area contributed by atoms with Crippen LogP contribution in [-0.2, 0) is 21.2 Å². The fourth-order valence-corrected chi connectivity index (χ4v) is 4.87. The fourth-order valence-electron chi connectivity index (χ4n) is 3.01. The van der Waals surface area contributed by atoms with E-state index in [2.05, 4.69) is 0 Å². The van der Waals surface area contributed by atoms with Crippen LogP contribution in [0.3, 0.4) is 0 Å². The first-order valence-electron chi connectivity index (χ1n) is 8.46. The van der Waals surface area contributed by atoms with Gasteiger partial charge in [-0.15, -0.1) is 0 Å².